The van der Waals surface area contributed by atoms with Gasteiger partial charge in [0.2, 0.25) is 0 Å². The molecule has 0 saturated heterocycles. The normalized spacial score (nSPS) is 10.8. The van der Waals surface area contributed by atoms with Crippen LogP contribution >= 0.6 is 0 Å². The van der Waals surface area contributed by atoms with E-state index in [9.17, 15) is 14.7 Å². The van der Waals surface area contributed by atoms with Crippen molar-refractivity contribution in [3.05, 3.63) is 29.8 Å². The second kappa shape index (κ2) is 5.53. The van der Waals surface area contributed by atoms with Crippen molar-refractivity contribution in [2.75, 3.05) is 5.32 Å². The molecule has 0 spiro atoms. The van der Waals surface area contributed by atoms with Crippen LogP contribution in [0.25, 0.3) is 0 Å². The van der Waals surface area contributed by atoms with Crippen molar-refractivity contribution in [1.29, 1.82) is 0 Å². The number of carbonyl (C=O) groups excluding carboxylic acids is 2. The van der Waals surface area contributed by atoms with Crippen molar-refractivity contribution in [2.24, 2.45) is 0 Å². The first-order valence-corrected chi connectivity index (χ1v) is 5.55. The number of benzene rings is 1. The molecule has 1 aromatic rings. The molecule has 1 aromatic carbocycles. The summed E-state index contributed by atoms with van der Waals surface area (Å²) in [6.45, 7) is 5.32. The van der Waals surface area contributed by atoms with Crippen molar-refractivity contribution in [3.8, 4) is 0 Å². The Bertz CT molecular complexity index is 431. The van der Waals surface area contributed by atoms with E-state index in [0.717, 1.165) is 0 Å². The number of anilines is 1. The van der Waals surface area contributed by atoms with E-state index in [1.54, 1.807) is 45.0 Å². The van der Waals surface area contributed by atoms with E-state index in [0.29, 0.717) is 11.3 Å². The number of rotatable bonds is 3. The van der Waals surface area contributed by atoms with E-state index in [-0.39, 0.29) is 6.42 Å². The lowest BCUT2D eigenvalue weighted by molar-refractivity contribution is -0.304. The summed E-state index contributed by atoms with van der Waals surface area (Å²) in [6.07, 6.45) is -0.692. The minimum absolute atomic E-state index is 0.146. The molecule has 1 amide bonds. The fourth-order valence-electron chi connectivity index (χ4n) is 1.29. The predicted molar refractivity (Wildman–Crippen MR) is 65.0 cm³/mol. The van der Waals surface area contributed by atoms with Crippen molar-refractivity contribution in [1.82, 2.24) is 0 Å². The highest BCUT2D eigenvalue weighted by molar-refractivity contribution is 5.84. The van der Waals surface area contributed by atoms with E-state index in [1.807, 2.05) is 0 Å². The van der Waals surface area contributed by atoms with E-state index >= 15 is 0 Å². The molecule has 0 saturated carbocycles. The first-order chi connectivity index (χ1) is 8.26. The number of nitrogens with one attached hydrogen (secondary N) is 1. The molecule has 0 aliphatic rings. The highest BCUT2D eigenvalue weighted by Gasteiger charge is 2.15. The highest BCUT2D eigenvalue weighted by Crippen LogP contribution is 2.13. The van der Waals surface area contributed by atoms with Crippen molar-refractivity contribution < 1.29 is 19.4 Å². The van der Waals surface area contributed by atoms with Gasteiger partial charge in [-0.3, -0.25) is 5.32 Å². The van der Waals surface area contributed by atoms with Gasteiger partial charge in [-0.1, -0.05) is 12.1 Å². The molecule has 1 rings (SSSR count). The smallest absolute Gasteiger partial charge is 0.412 e. The highest BCUT2D eigenvalue weighted by atomic mass is 16.6. The van der Waals surface area contributed by atoms with Crippen molar-refractivity contribution in [2.45, 2.75) is 32.8 Å². The molecule has 0 bridgehead atoms. The number of hydrogen-bond donors (Lipinski definition) is 1. The summed E-state index contributed by atoms with van der Waals surface area (Å²) in [4.78, 5) is 21.8. The lowest BCUT2D eigenvalue weighted by atomic mass is 10.1. The number of carboxylic acids is 1. The second-order valence-electron chi connectivity index (χ2n) is 4.87. The van der Waals surface area contributed by atoms with Crippen LogP contribution < -0.4 is 10.4 Å². The minimum atomic E-state index is -1.14. The molecule has 0 heterocycles. The molecule has 0 radical (unpaired) electrons. The third kappa shape index (κ3) is 5.34. The lowest BCUT2D eigenvalue weighted by Crippen LogP contribution is -2.27. The third-order valence-corrected chi connectivity index (χ3v) is 1.95. The molecule has 0 aromatic heterocycles. The Morgan fingerprint density at radius 1 is 1.22 bits per heavy atom. The summed E-state index contributed by atoms with van der Waals surface area (Å²) in [5.74, 6) is -1.14. The molecule has 5 nitrogen and oxygen atoms in total. The maximum atomic E-state index is 11.5. The molecule has 5 heteroatoms. The lowest BCUT2D eigenvalue weighted by Gasteiger charge is -2.19. The molecular formula is C13H16NO4-. The zero-order valence-corrected chi connectivity index (χ0v) is 10.6. The molecule has 0 aliphatic carbocycles. The van der Waals surface area contributed by atoms with E-state index in [4.69, 9.17) is 4.74 Å². The quantitative estimate of drug-likeness (QED) is 0.877. The van der Waals surface area contributed by atoms with Gasteiger partial charge in [0, 0.05) is 18.1 Å². The first-order valence-electron chi connectivity index (χ1n) is 5.55. The summed E-state index contributed by atoms with van der Waals surface area (Å²) < 4.78 is 5.08. The van der Waals surface area contributed by atoms with Crippen LogP contribution in [0, 0.1) is 0 Å². The molecule has 0 atom stereocenters. The zero-order valence-electron chi connectivity index (χ0n) is 10.6. The molecule has 0 fully saturated rings. The van der Waals surface area contributed by atoms with Crippen molar-refractivity contribution in [3.63, 3.8) is 0 Å². The number of aliphatic carboxylic acids is 1. The topological polar surface area (TPSA) is 78.5 Å². The summed E-state index contributed by atoms with van der Waals surface area (Å²) in [5.41, 5.74) is 0.606. The predicted octanol–water partition coefficient (Wildman–Crippen LogP) is 1.33. The van der Waals surface area contributed by atoms with Crippen LogP contribution in [-0.2, 0) is 16.0 Å². The van der Waals surface area contributed by atoms with Crippen LogP contribution in [0.5, 0.6) is 0 Å². The Kier molecular flexibility index (Phi) is 4.31. The van der Waals surface area contributed by atoms with Crippen LogP contribution in [-0.4, -0.2) is 17.7 Å². The molecule has 0 aliphatic heterocycles. The van der Waals surface area contributed by atoms with Gasteiger partial charge in [0.25, 0.3) is 0 Å². The van der Waals surface area contributed by atoms with E-state index < -0.39 is 17.7 Å². The van der Waals surface area contributed by atoms with Gasteiger partial charge in [-0.25, -0.2) is 4.79 Å². The van der Waals surface area contributed by atoms with Gasteiger partial charge in [-0.15, -0.1) is 0 Å². The standard InChI is InChI=1S/C13H17NO4/c1-13(2,3)18-12(17)14-10-6-4-9(5-7-10)8-11(15)16/h4-7H,8H2,1-3H3,(H,14,17)(H,15,16)/p-1. The number of hydrogen-bond acceptors (Lipinski definition) is 4. The summed E-state index contributed by atoms with van der Waals surface area (Å²) in [7, 11) is 0. The number of ether oxygens (including phenoxy) is 1. The second-order valence-corrected chi connectivity index (χ2v) is 4.87. The number of carboxylic acid groups (broad SMARTS) is 1. The van der Waals surface area contributed by atoms with Gasteiger partial charge in [0.05, 0.1) is 0 Å². The Morgan fingerprint density at radius 2 is 1.78 bits per heavy atom. The fraction of sp³-hybridized carbons (Fsp3) is 0.385. The number of carbonyl (C=O) groups is 2. The maximum Gasteiger partial charge on any atom is 0.412 e. The van der Waals surface area contributed by atoms with E-state index in [2.05, 4.69) is 5.32 Å². The van der Waals surface area contributed by atoms with Gasteiger partial charge < -0.3 is 14.6 Å². The van der Waals surface area contributed by atoms with Gasteiger partial charge in [-0.2, -0.15) is 0 Å². The van der Waals surface area contributed by atoms with Gasteiger partial charge in [0.15, 0.2) is 0 Å². The van der Waals surface area contributed by atoms with E-state index in [1.165, 1.54) is 0 Å². The molecule has 98 valence electrons. The monoisotopic (exact) mass is 250 g/mol. The average Bonchev–Trinajstić information content (AvgIpc) is 2.17. The largest absolute Gasteiger partial charge is 0.550 e. The summed E-state index contributed by atoms with van der Waals surface area (Å²) in [6, 6.07) is 6.45. The average molecular weight is 250 g/mol. The third-order valence-electron chi connectivity index (χ3n) is 1.95. The fourth-order valence-corrected chi connectivity index (χ4v) is 1.29. The Morgan fingerprint density at radius 3 is 2.22 bits per heavy atom. The maximum absolute atomic E-state index is 11.5. The minimum Gasteiger partial charge on any atom is -0.550 e. The summed E-state index contributed by atoms with van der Waals surface area (Å²) >= 11 is 0. The Labute approximate surface area is 106 Å². The zero-order chi connectivity index (χ0) is 13.8. The van der Waals surface area contributed by atoms with Gasteiger partial charge in [0.1, 0.15) is 5.60 Å². The molecular weight excluding hydrogens is 234 g/mol. The molecule has 1 N–H and O–H groups in total. The van der Waals surface area contributed by atoms with Crippen LogP contribution in [0.15, 0.2) is 24.3 Å². The first kappa shape index (κ1) is 14.0. The summed E-state index contributed by atoms with van der Waals surface area (Å²) in [5, 5.41) is 12.9. The Hall–Kier alpha value is -2.04. The SMILES string of the molecule is CC(C)(C)OC(=O)Nc1ccc(CC(=O)[O-])cc1. The van der Waals surface area contributed by atoms with Crippen LogP contribution in [0.4, 0.5) is 10.5 Å². The van der Waals surface area contributed by atoms with Crippen LogP contribution in [0.3, 0.4) is 0 Å². The molecule has 0 unspecified atom stereocenters. The van der Waals surface area contributed by atoms with Gasteiger partial charge >= 0.3 is 6.09 Å². The Balaban J connectivity index is 2.58. The van der Waals surface area contributed by atoms with Crippen LogP contribution in [0.2, 0.25) is 0 Å². The number of amides is 1. The van der Waals surface area contributed by atoms with Crippen molar-refractivity contribution >= 4 is 17.7 Å². The molecule has 18 heavy (non-hydrogen) atoms. The van der Waals surface area contributed by atoms with Crippen LogP contribution in [0.1, 0.15) is 26.3 Å². The van der Waals surface area contributed by atoms with Gasteiger partial charge in [-0.05, 0) is 38.5 Å².